The number of carbonyl (C=O) groups excluding carboxylic acids is 1. The van der Waals surface area contributed by atoms with E-state index in [0.717, 1.165) is 31.5 Å². The van der Waals surface area contributed by atoms with Gasteiger partial charge < -0.3 is 15.1 Å². The molecule has 4 rings (SSSR count). The van der Waals surface area contributed by atoms with E-state index in [0.29, 0.717) is 13.0 Å². The second kappa shape index (κ2) is 6.55. The average molecular weight is 380 g/mol. The Kier molecular flexibility index (Phi) is 4.32. The molecule has 0 unspecified atom stereocenters. The van der Waals surface area contributed by atoms with Crippen LogP contribution in [0.15, 0.2) is 12.3 Å². The van der Waals surface area contributed by atoms with Gasteiger partial charge >= 0.3 is 6.18 Å². The number of nitrogens with zero attached hydrogens (tertiary/aromatic N) is 5. The van der Waals surface area contributed by atoms with Gasteiger partial charge in [0.1, 0.15) is 5.69 Å². The third-order valence-corrected chi connectivity index (χ3v) is 5.76. The molecule has 0 aromatic carbocycles. The first-order valence-corrected chi connectivity index (χ1v) is 9.00. The molecular weight excluding hydrogens is 361 g/mol. The third-order valence-electron chi connectivity index (χ3n) is 5.76. The van der Waals surface area contributed by atoms with Gasteiger partial charge in [0.2, 0.25) is 11.9 Å². The molecule has 1 N–H and O–H groups in total. The van der Waals surface area contributed by atoms with Gasteiger partial charge in [-0.3, -0.25) is 4.79 Å². The third kappa shape index (κ3) is 3.26. The van der Waals surface area contributed by atoms with Crippen molar-refractivity contribution in [3.05, 3.63) is 18.0 Å². The SMILES string of the molecule is N#CN1[C@H]2CC[C@@H]1[C@H](NC(=O)[C@@H]1CCN(c3nccc(C(F)(F)F)n3)C1)C2. The molecule has 27 heavy (non-hydrogen) atoms. The molecule has 4 atom stereocenters. The highest BCUT2D eigenvalue weighted by Crippen LogP contribution is 2.37. The van der Waals surface area contributed by atoms with E-state index >= 15 is 0 Å². The van der Waals surface area contributed by atoms with Crippen molar-refractivity contribution < 1.29 is 18.0 Å². The molecule has 0 aliphatic carbocycles. The lowest BCUT2D eigenvalue weighted by molar-refractivity contribution is -0.141. The topological polar surface area (TPSA) is 85.2 Å². The number of amides is 1. The molecule has 0 radical (unpaired) electrons. The van der Waals surface area contributed by atoms with Crippen molar-refractivity contribution in [3.8, 4) is 6.19 Å². The Labute approximate surface area is 154 Å². The summed E-state index contributed by atoms with van der Waals surface area (Å²) in [5.41, 5.74) is -0.987. The smallest absolute Gasteiger partial charge is 0.351 e. The van der Waals surface area contributed by atoms with Crippen LogP contribution in [0, 0.1) is 17.4 Å². The minimum absolute atomic E-state index is 0.00398. The van der Waals surface area contributed by atoms with E-state index in [1.165, 1.54) is 0 Å². The quantitative estimate of drug-likeness (QED) is 0.801. The standard InChI is InChI=1S/C17H19F3N6O/c18-17(19,20)14-3-5-22-16(24-14)25-6-4-10(8-25)15(27)23-12-7-11-1-2-13(12)26(11)9-21/h3,5,10-13H,1-2,4,6-8H2,(H,23,27)/t10-,11+,12-,13-/m1/s1. The zero-order chi connectivity index (χ0) is 19.2. The Morgan fingerprint density at radius 1 is 1.33 bits per heavy atom. The van der Waals surface area contributed by atoms with Crippen LogP contribution < -0.4 is 10.2 Å². The summed E-state index contributed by atoms with van der Waals surface area (Å²) in [4.78, 5) is 23.5. The number of halogens is 3. The molecule has 0 saturated carbocycles. The minimum Gasteiger partial charge on any atom is -0.351 e. The number of hydrogen-bond donors (Lipinski definition) is 1. The summed E-state index contributed by atoms with van der Waals surface area (Å²) in [6.07, 6.45) is 1.96. The molecule has 3 fully saturated rings. The Morgan fingerprint density at radius 2 is 2.15 bits per heavy atom. The summed E-state index contributed by atoms with van der Waals surface area (Å²) < 4.78 is 38.5. The van der Waals surface area contributed by atoms with Gasteiger partial charge in [-0.15, -0.1) is 0 Å². The number of aromatic nitrogens is 2. The van der Waals surface area contributed by atoms with Crippen LogP contribution in [0.4, 0.5) is 19.1 Å². The number of nitrogens with one attached hydrogen (secondary N) is 1. The summed E-state index contributed by atoms with van der Waals surface area (Å²) in [5.74, 6) is -0.437. The van der Waals surface area contributed by atoms with Gasteiger partial charge in [0.05, 0.1) is 18.0 Å². The van der Waals surface area contributed by atoms with Crippen LogP contribution in [-0.4, -0.2) is 52.0 Å². The van der Waals surface area contributed by atoms with Crippen LogP contribution in [0.2, 0.25) is 0 Å². The zero-order valence-corrected chi connectivity index (χ0v) is 14.5. The molecule has 1 aromatic rings. The lowest BCUT2D eigenvalue weighted by Crippen LogP contribution is -2.46. The van der Waals surface area contributed by atoms with E-state index in [2.05, 4.69) is 21.5 Å². The van der Waals surface area contributed by atoms with Crippen molar-refractivity contribution in [1.29, 1.82) is 5.26 Å². The molecule has 4 heterocycles. The Bertz CT molecular complexity index is 779. The van der Waals surface area contributed by atoms with Gasteiger partial charge in [0.15, 0.2) is 6.19 Å². The minimum atomic E-state index is -4.53. The van der Waals surface area contributed by atoms with E-state index in [1.807, 2.05) is 0 Å². The van der Waals surface area contributed by atoms with Crippen LogP contribution in [0.5, 0.6) is 0 Å². The lowest BCUT2D eigenvalue weighted by Gasteiger charge is -2.23. The number of hydrogen-bond acceptors (Lipinski definition) is 6. The summed E-state index contributed by atoms with van der Waals surface area (Å²) in [6.45, 7) is 0.719. The molecule has 1 aromatic heterocycles. The lowest BCUT2D eigenvalue weighted by atomic mass is 9.95. The molecule has 3 saturated heterocycles. The van der Waals surface area contributed by atoms with Crippen molar-refractivity contribution in [2.24, 2.45) is 5.92 Å². The fourth-order valence-electron chi connectivity index (χ4n) is 4.41. The first-order chi connectivity index (χ1) is 12.9. The molecule has 3 aliphatic heterocycles. The number of nitriles is 1. The monoisotopic (exact) mass is 380 g/mol. The molecule has 144 valence electrons. The van der Waals surface area contributed by atoms with Crippen molar-refractivity contribution >= 4 is 11.9 Å². The van der Waals surface area contributed by atoms with Crippen LogP contribution in [-0.2, 0) is 11.0 Å². The highest BCUT2D eigenvalue weighted by molar-refractivity contribution is 5.80. The van der Waals surface area contributed by atoms with Gasteiger partial charge in [-0.2, -0.15) is 18.4 Å². The summed E-state index contributed by atoms with van der Waals surface area (Å²) >= 11 is 0. The summed E-state index contributed by atoms with van der Waals surface area (Å²) in [5, 5.41) is 12.3. The molecule has 2 bridgehead atoms. The molecule has 1 amide bonds. The van der Waals surface area contributed by atoms with Gasteiger partial charge in [-0.05, 0) is 31.7 Å². The van der Waals surface area contributed by atoms with E-state index in [-0.39, 0.29) is 42.4 Å². The molecule has 10 heteroatoms. The molecule has 0 spiro atoms. The number of rotatable bonds is 3. The fourth-order valence-corrected chi connectivity index (χ4v) is 4.41. The normalized spacial score (nSPS) is 29.9. The first-order valence-electron chi connectivity index (χ1n) is 9.00. The zero-order valence-electron chi connectivity index (χ0n) is 14.5. The highest BCUT2D eigenvalue weighted by Gasteiger charge is 2.47. The van der Waals surface area contributed by atoms with Gasteiger partial charge in [-0.25, -0.2) is 9.97 Å². The van der Waals surface area contributed by atoms with Crippen LogP contribution in [0.3, 0.4) is 0 Å². The van der Waals surface area contributed by atoms with Gasteiger partial charge in [-0.1, -0.05) is 0 Å². The van der Waals surface area contributed by atoms with Crippen molar-refractivity contribution in [1.82, 2.24) is 20.2 Å². The van der Waals surface area contributed by atoms with E-state index < -0.39 is 11.9 Å². The largest absolute Gasteiger partial charge is 0.433 e. The maximum Gasteiger partial charge on any atom is 0.433 e. The van der Waals surface area contributed by atoms with Crippen LogP contribution in [0.25, 0.3) is 0 Å². The maximum absolute atomic E-state index is 12.8. The van der Waals surface area contributed by atoms with E-state index in [1.54, 1.807) is 9.80 Å². The summed E-state index contributed by atoms with van der Waals surface area (Å²) in [7, 11) is 0. The van der Waals surface area contributed by atoms with Crippen molar-refractivity contribution in [2.45, 2.75) is 50.0 Å². The van der Waals surface area contributed by atoms with Gasteiger partial charge in [0.25, 0.3) is 0 Å². The number of anilines is 1. The molecule has 3 aliphatic rings. The average Bonchev–Trinajstić information content (AvgIpc) is 3.35. The Hall–Kier alpha value is -2.57. The predicted molar refractivity (Wildman–Crippen MR) is 88.2 cm³/mol. The fraction of sp³-hybridized carbons (Fsp3) is 0.647. The summed E-state index contributed by atoms with van der Waals surface area (Å²) in [6, 6.07) is 1.08. The van der Waals surface area contributed by atoms with Crippen molar-refractivity contribution in [3.63, 3.8) is 0 Å². The second-order valence-electron chi connectivity index (χ2n) is 7.33. The Morgan fingerprint density at radius 3 is 2.85 bits per heavy atom. The van der Waals surface area contributed by atoms with E-state index in [4.69, 9.17) is 0 Å². The molecule has 7 nitrogen and oxygen atoms in total. The predicted octanol–water partition coefficient (Wildman–Crippen LogP) is 1.52. The highest BCUT2D eigenvalue weighted by atomic mass is 19.4. The van der Waals surface area contributed by atoms with Gasteiger partial charge in [0, 0.05) is 25.3 Å². The van der Waals surface area contributed by atoms with Crippen molar-refractivity contribution in [2.75, 3.05) is 18.0 Å². The first kappa shape index (κ1) is 17.8. The van der Waals surface area contributed by atoms with Crippen LogP contribution >= 0.6 is 0 Å². The number of carbonyl (C=O) groups is 1. The maximum atomic E-state index is 12.8. The number of fused-ring (bicyclic) bond motifs is 2. The number of alkyl halides is 3. The molecular formula is C17H19F3N6O. The second-order valence-corrected chi connectivity index (χ2v) is 7.33. The van der Waals surface area contributed by atoms with E-state index in [9.17, 15) is 23.2 Å². The Balaban J connectivity index is 1.37. The van der Waals surface area contributed by atoms with Crippen LogP contribution in [0.1, 0.15) is 31.4 Å².